The fraction of sp³-hybridized carbons (Fsp3) is 0.400. The zero-order valence-corrected chi connectivity index (χ0v) is 13.8. The molecule has 1 N–H and O–H groups in total. The maximum atomic E-state index is 11.7. The van der Waals surface area contributed by atoms with Crippen LogP contribution < -0.4 is 10.2 Å². The third-order valence-corrected chi connectivity index (χ3v) is 4.36. The second-order valence-corrected chi connectivity index (χ2v) is 7.24. The van der Waals surface area contributed by atoms with Crippen LogP contribution in [-0.2, 0) is 19.0 Å². The summed E-state index contributed by atoms with van der Waals surface area (Å²) in [5.74, 6) is 0.603. The van der Waals surface area contributed by atoms with E-state index in [1.54, 1.807) is 11.6 Å². The Bertz CT molecular complexity index is 870. The molecule has 0 bridgehead atoms. The second-order valence-electron chi connectivity index (χ2n) is 6.24. The molecule has 1 aromatic carbocycles. The lowest BCUT2D eigenvalue weighted by Crippen LogP contribution is -2.11. The third-order valence-electron chi connectivity index (χ3n) is 3.37. The smallest absolute Gasteiger partial charge is 0.315 e. The number of anilines is 1. The van der Waals surface area contributed by atoms with Crippen LogP contribution >= 0.6 is 11.3 Å². The molecule has 116 valence electrons. The number of nitrogens with zero attached hydrogens (tertiary/aromatic N) is 3. The average molecular weight is 318 g/mol. The van der Waals surface area contributed by atoms with Crippen molar-refractivity contribution < 1.29 is 4.42 Å². The standard InChI is InChI=1S/C15H18N4O2S/c1-15(2,3)12-17-18-13(21-12)16-8-9-5-6-10-11(7-9)22-14(20)19(10)4/h5-7H,8H2,1-4H3,(H,16,18). The van der Waals surface area contributed by atoms with Crippen LogP contribution in [0.4, 0.5) is 6.01 Å². The van der Waals surface area contributed by atoms with E-state index in [1.165, 1.54) is 11.3 Å². The summed E-state index contributed by atoms with van der Waals surface area (Å²) in [5, 5.41) is 11.2. The fourth-order valence-electron chi connectivity index (χ4n) is 2.06. The van der Waals surface area contributed by atoms with Crippen LogP contribution in [-0.4, -0.2) is 14.8 Å². The molecule has 6 nitrogen and oxygen atoms in total. The van der Waals surface area contributed by atoms with Crippen LogP contribution in [0, 0.1) is 0 Å². The summed E-state index contributed by atoms with van der Waals surface area (Å²) in [6, 6.07) is 6.36. The van der Waals surface area contributed by atoms with E-state index in [0.717, 1.165) is 15.8 Å². The van der Waals surface area contributed by atoms with Crippen molar-refractivity contribution in [3.8, 4) is 0 Å². The molecular formula is C15H18N4O2S. The molecule has 0 aliphatic heterocycles. The lowest BCUT2D eigenvalue weighted by Gasteiger charge is -2.11. The van der Waals surface area contributed by atoms with Crippen LogP contribution in [0.1, 0.15) is 32.2 Å². The first-order valence-corrected chi connectivity index (χ1v) is 7.82. The quantitative estimate of drug-likeness (QED) is 0.804. The number of thiazole rings is 1. The number of aromatic nitrogens is 3. The molecule has 0 amide bonds. The molecule has 0 unspecified atom stereocenters. The van der Waals surface area contributed by atoms with E-state index in [1.807, 2.05) is 39.0 Å². The van der Waals surface area contributed by atoms with Crippen molar-refractivity contribution in [3.63, 3.8) is 0 Å². The largest absolute Gasteiger partial charge is 0.408 e. The van der Waals surface area contributed by atoms with E-state index >= 15 is 0 Å². The van der Waals surface area contributed by atoms with Crippen LogP contribution in [0.3, 0.4) is 0 Å². The zero-order chi connectivity index (χ0) is 15.9. The van der Waals surface area contributed by atoms with Gasteiger partial charge in [-0.05, 0) is 17.7 Å². The molecule has 2 heterocycles. The summed E-state index contributed by atoms with van der Waals surface area (Å²) < 4.78 is 8.23. The third kappa shape index (κ3) is 2.76. The minimum Gasteiger partial charge on any atom is -0.408 e. The summed E-state index contributed by atoms with van der Waals surface area (Å²) in [5.41, 5.74) is 1.85. The SMILES string of the molecule is Cn1c(=O)sc2cc(CNc3nnc(C(C)(C)C)o3)ccc21. The number of benzene rings is 1. The number of aryl methyl sites for hydroxylation is 1. The highest BCUT2D eigenvalue weighted by atomic mass is 32.1. The summed E-state index contributed by atoms with van der Waals surface area (Å²) in [6.45, 7) is 6.64. The van der Waals surface area contributed by atoms with Crippen molar-refractivity contribution >= 4 is 27.6 Å². The Hall–Kier alpha value is -2.15. The van der Waals surface area contributed by atoms with Gasteiger partial charge >= 0.3 is 10.9 Å². The summed E-state index contributed by atoms with van der Waals surface area (Å²) in [7, 11) is 1.78. The van der Waals surface area contributed by atoms with Gasteiger partial charge < -0.3 is 14.3 Å². The second kappa shape index (κ2) is 5.24. The maximum absolute atomic E-state index is 11.7. The lowest BCUT2D eigenvalue weighted by atomic mass is 9.97. The Balaban J connectivity index is 1.76. The summed E-state index contributed by atoms with van der Waals surface area (Å²) in [6.07, 6.45) is 0. The highest BCUT2D eigenvalue weighted by Crippen LogP contribution is 2.23. The first kappa shape index (κ1) is 14.8. The highest BCUT2D eigenvalue weighted by molar-refractivity contribution is 7.16. The van der Waals surface area contributed by atoms with Crippen molar-refractivity contribution in [2.45, 2.75) is 32.7 Å². The van der Waals surface area contributed by atoms with Gasteiger partial charge in [0.2, 0.25) is 5.89 Å². The molecule has 0 aliphatic rings. The maximum Gasteiger partial charge on any atom is 0.315 e. The van der Waals surface area contributed by atoms with Crippen molar-refractivity contribution in [1.29, 1.82) is 0 Å². The number of nitrogens with one attached hydrogen (secondary N) is 1. The van der Waals surface area contributed by atoms with Gasteiger partial charge in [-0.2, -0.15) is 0 Å². The Morgan fingerprint density at radius 3 is 2.77 bits per heavy atom. The Kier molecular flexibility index (Phi) is 3.52. The van der Waals surface area contributed by atoms with Crippen LogP contribution in [0.15, 0.2) is 27.4 Å². The first-order chi connectivity index (χ1) is 10.3. The van der Waals surface area contributed by atoms with Gasteiger partial charge in [-0.25, -0.2) is 0 Å². The van der Waals surface area contributed by atoms with E-state index < -0.39 is 0 Å². The molecule has 3 rings (SSSR count). The molecule has 0 spiro atoms. The molecule has 7 heteroatoms. The number of rotatable bonds is 3. The number of hydrogen-bond acceptors (Lipinski definition) is 6. The van der Waals surface area contributed by atoms with E-state index in [4.69, 9.17) is 4.42 Å². The average Bonchev–Trinajstić information content (AvgIpc) is 3.02. The zero-order valence-electron chi connectivity index (χ0n) is 13.0. The summed E-state index contributed by atoms with van der Waals surface area (Å²) in [4.78, 5) is 11.7. The Morgan fingerprint density at radius 2 is 2.09 bits per heavy atom. The van der Waals surface area contributed by atoms with Gasteiger partial charge in [0, 0.05) is 19.0 Å². The molecule has 0 radical (unpaired) electrons. The molecular weight excluding hydrogens is 300 g/mol. The molecule has 0 fully saturated rings. The number of hydrogen-bond donors (Lipinski definition) is 1. The first-order valence-electron chi connectivity index (χ1n) is 7.01. The molecule has 0 atom stereocenters. The molecule has 3 aromatic rings. The molecule has 0 saturated carbocycles. The van der Waals surface area contributed by atoms with Gasteiger partial charge in [-0.3, -0.25) is 4.79 Å². The van der Waals surface area contributed by atoms with E-state index in [2.05, 4.69) is 15.5 Å². The van der Waals surface area contributed by atoms with Gasteiger partial charge in [-0.1, -0.05) is 43.3 Å². The van der Waals surface area contributed by atoms with Crippen LogP contribution in [0.2, 0.25) is 0 Å². The van der Waals surface area contributed by atoms with Gasteiger partial charge in [-0.15, -0.1) is 5.10 Å². The van der Waals surface area contributed by atoms with E-state index in [0.29, 0.717) is 18.5 Å². The minimum atomic E-state index is -0.165. The van der Waals surface area contributed by atoms with Crippen LogP contribution in [0.5, 0.6) is 0 Å². The predicted octanol–water partition coefficient (Wildman–Crippen LogP) is 2.89. The topological polar surface area (TPSA) is 73.0 Å². The lowest BCUT2D eigenvalue weighted by molar-refractivity contribution is 0.399. The van der Waals surface area contributed by atoms with Gasteiger partial charge in [0.25, 0.3) is 0 Å². The predicted molar refractivity (Wildman–Crippen MR) is 87.4 cm³/mol. The van der Waals surface area contributed by atoms with Gasteiger partial charge in [0.05, 0.1) is 10.2 Å². The molecule has 0 aliphatic carbocycles. The molecule has 2 aromatic heterocycles. The monoisotopic (exact) mass is 318 g/mol. The van der Waals surface area contributed by atoms with Crippen molar-refractivity contribution in [2.75, 3.05) is 5.32 Å². The highest BCUT2D eigenvalue weighted by Gasteiger charge is 2.21. The Morgan fingerprint density at radius 1 is 1.32 bits per heavy atom. The van der Waals surface area contributed by atoms with Crippen molar-refractivity contribution in [2.24, 2.45) is 7.05 Å². The van der Waals surface area contributed by atoms with E-state index in [-0.39, 0.29) is 10.3 Å². The molecule has 22 heavy (non-hydrogen) atoms. The van der Waals surface area contributed by atoms with Gasteiger partial charge in [0.15, 0.2) is 0 Å². The van der Waals surface area contributed by atoms with E-state index in [9.17, 15) is 4.79 Å². The Labute approximate surface area is 131 Å². The molecule has 0 saturated heterocycles. The minimum absolute atomic E-state index is 0.0480. The van der Waals surface area contributed by atoms with Crippen molar-refractivity contribution in [3.05, 3.63) is 39.3 Å². The summed E-state index contributed by atoms with van der Waals surface area (Å²) >= 11 is 1.25. The number of fused-ring (bicyclic) bond motifs is 1. The normalized spacial score (nSPS) is 12.0. The van der Waals surface area contributed by atoms with Crippen molar-refractivity contribution in [1.82, 2.24) is 14.8 Å². The fourth-order valence-corrected chi connectivity index (χ4v) is 3.01. The van der Waals surface area contributed by atoms with Gasteiger partial charge in [0.1, 0.15) is 0 Å². The van der Waals surface area contributed by atoms with Crippen LogP contribution in [0.25, 0.3) is 10.2 Å².